The summed E-state index contributed by atoms with van der Waals surface area (Å²) in [4.78, 5) is 34.5. The lowest BCUT2D eigenvalue weighted by molar-refractivity contribution is -0.384. The van der Waals surface area contributed by atoms with Crippen LogP contribution in [0.25, 0.3) is 10.2 Å². The molecular weight excluding hydrogens is 412 g/mol. The maximum Gasteiger partial charge on any atom is 0.269 e. The van der Waals surface area contributed by atoms with E-state index in [9.17, 15) is 14.9 Å². The smallest absolute Gasteiger partial charge is 0.269 e. The summed E-state index contributed by atoms with van der Waals surface area (Å²) in [6.45, 7) is 4.37. The highest BCUT2D eigenvalue weighted by molar-refractivity contribution is 7.22. The normalized spacial score (nSPS) is 10.9. The van der Waals surface area contributed by atoms with E-state index < -0.39 is 4.92 Å². The largest absolute Gasteiger partial charge is 0.282 e. The molecule has 0 spiro atoms. The Kier molecular flexibility index (Phi) is 5.73. The predicted molar refractivity (Wildman–Crippen MR) is 121 cm³/mol. The van der Waals surface area contributed by atoms with Gasteiger partial charge in [0, 0.05) is 18.3 Å². The van der Waals surface area contributed by atoms with E-state index in [0.717, 1.165) is 27.0 Å². The van der Waals surface area contributed by atoms with Crippen LogP contribution in [0.5, 0.6) is 0 Å². The van der Waals surface area contributed by atoms with E-state index >= 15 is 0 Å². The summed E-state index contributed by atoms with van der Waals surface area (Å²) in [7, 11) is 0. The average molecular weight is 433 g/mol. The van der Waals surface area contributed by atoms with Crippen LogP contribution in [0.1, 0.15) is 22.4 Å². The Hall–Kier alpha value is -3.65. The molecule has 0 atom stereocenters. The monoisotopic (exact) mass is 432 g/mol. The first-order valence-electron chi connectivity index (χ1n) is 9.72. The number of nitro groups is 1. The van der Waals surface area contributed by atoms with Gasteiger partial charge in [0.05, 0.1) is 33.8 Å². The number of fused-ring (bicyclic) bond motifs is 1. The van der Waals surface area contributed by atoms with Crippen molar-refractivity contribution in [1.29, 1.82) is 0 Å². The molecule has 7 nitrogen and oxygen atoms in total. The van der Waals surface area contributed by atoms with E-state index in [4.69, 9.17) is 4.98 Å². The van der Waals surface area contributed by atoms with Crippen molar-refractivity contribution < 1.29 is 9.72 Å². The molecule has 0 saturated heterocycles. The van der Waals surface area contributed by atoms with Crippen molar-refractivity contribution in [3.63, 3.8) is 0 Å². The molecule has 2 aromatic heterocycles. The first kappa shape index (κ1) is 20.6. The number of hydrogen-bond acceptors (Lipinski definition) is 6. The zero-order valence-corrected chi connectivity index (χ0v) is 17.9. The minimum atomic E-state index is -0.454. The number of amides is 1. The summed E-state index contributed by atoms with van der Waals surface area (Å²) in [5.41, 5.74) is 4.60. The summed E-state index contributed by atoms with van der Waals surface area (Å²) in [5.74, 6) is -0.145. The van der Waals surface area contributed by atoms with E-state index in [1.165, 1.54) is 23.5 Å². The van der Waals surface area contributed by atoms with Crippen LogP contribution < -0.4 is 4.90 Å². The van der Waals surface area contributed by atoms with E-state index in [1.54, 1.807) is 23.2 Å². The molecule has 0 aliphatic heterocycles. The number of nitrogens with zero attached hydrogens (tertiary/aromatic N) is 4. The lowest BCUT2D eigenvalue weighted by atomic mass is 10.1. The van der Waals surface area contributed by atoms with Crippen LogP contribution in [-0.2, 0) is 17.8 Å². The zero-order chi connectivity index (χ0) is 22.0. The van der Waals surface area contributed by atoms with Crippen molar-refractivity contribution in [3.8, 4) is 0 Å². The molecule has 0 radical (unpaired) electrons. The molecule has 0 bridgehead atoms. The number of aromatic nitrogens is 2. The molecular formula is C23H20N4O3S. The topological polar surface area (TPSA) is 89.2 Å². The van der Waals surface area contributed by atoms with Gasteiger partial charge < -0.3 is 0 Å². The van der Waals surface area contributed by atoms with Crippen molar-refractivity contribution >= 4 is 38.3 Å². The number of carbonyl (C=O) groups excluding carboxylic acids is 1. The molecule has 8 heteroatoms. The molecule has 2 heterocycles. The van der Waals surface area contributed by atoms with Gasteiger partial charge in [0.25, 0.3) is 5.69 Å². The molecule has 4 aromatic rings. The molecule has 0 N–H and O–H groups in total. The highest BCUT2D eigenvalue weighted by atomic mass is 32.1. The summed E-state index contributed by atoms with van der Waals surface area (Å²) in [5, 5.41) is 11.5. The highest BCUT2D eigenvalue weighted by Gasteiger charge is 2.22. The van der Waals surface area contributed by atoms with Crippen LogP contribution in [0, 0.1) is 24.0 Å². The van der Waals surface area contributed by atoms with E-state index in [0.29, 0.717) is 17.2 Å². The third-order valence-electron chi connectivity index (χ3n) is 5.15. The van der Waals surface area contributed by atoms with E-state index in [-0.39, 0.29) is 18.0 Å². The molecule has 31 heavy (non-hydrogen) atoms. The van der Waals surface area contributed by atoms with Gasteiger partial charge >= 0.3 is 0 Å². The summed E-state index contributed by atoms with van der Waals surface area (Å²) in [6, 6.07) is 15.7. The van der Waals surface area contributed by atoms with Crippen LogP contribution in [0.3, 0.4) is 0 Å². The fourth-order valence-corrected chi connectivity index (χ4v) is 4.29. The quantitative estimate of drug-likeness (QED) is 0.316. The van der Waals surface area contributed by atoms with Crippen LogP contribution in [0.2, 0.25) is 0 Å². The number of benzene rings is 2. The molecule has 0 unspecified atom stereocenters. The Morgan fingerprint density at radius 1 is 1.10 bits per heavy atom. The summed E-state index contributed by atoms with van der Waals surface area (Å²) in [6.07, 6.45) is 1.80. The number of nitro benzene ring substituents is 1. The van der Waals surface area contributed by atoms with Gasteiger partial charge in [-0.25, -0.2) is 4.98 Å². The van der Waals surface area contributed by atoms with Crippen molar-refractivity contribution in [2.45, 2.75) is 26.8 Å². The van der Waals surface area contributed by atoms with Gasteiger partial charge in [-0.2, -0.15) is 0 Å². The van der Waals surface area contributed by atoms with Crippen molar-refractivity contribution in [2.75, 3.05) is 4.90 Å². The van der Waals surface area contributed by atoms with Gasteiger partial charge in [0.2, 0.25) is 5.91 Å². The molecule has 156 valence electrons. The Bertz CT molecular complexity index is 1250. The predicted octanol–water partition coefficient (Wildman–Crippen LogP) is 4.99. The van der Waals surface area contributed by atoms with Crippen LogP contribution in [-0.4, -0.2) is 20.8 Å². The fourth-order valence-electron chi connectivity index (χ4n) is 3.25. The number of rotatable bonds is 6. The molecule has 0 aliphatic carbocycles. The molecule has 4 rings (SSSR count). The van der Waals surface area contributed by atoms with Gasteiger partial charge in [-0.3, -0.25) is 24.8 Å². The van der Waals surface area contributed by atoms with Gasteiger partial charge in [-0.05, 0) is 48.7 Å². The Balaban J connectivity index is 1.68. The second-order valence-electron chi connectivity index (χ2n) is 7.25. The number of anilines is 1. The third kappa shape index (κ3) is 4.44. The van der Waals surface area contributed by atoms with Gasteiger partial charge in [-0.1, -0.05) is 35.6 Å². The standard InChI is InChI=1S/C23H20N4O3S/c1-15-6-11-20-22(16(15)2)25-23(31-20)26(14-18-5-3-4-12-24-18)21(28)13-17-7-9-19(10-8-17)27(29)30/h3-12H,13-14H2,1-2H3. The van der Waals surface area contributed by atoms with Gasteiger partial charge in [-0.15, -0.1) is 0 Å². The van der Waals surface area contributed by atoms with Crippen molar-refractivity contribution in [1.82, 2.24) is 9.97 Å². The molecule has 0 fully saturated rings. The first-order chi connectivity index (χ1) is 14.9. The third-order valence-corrected chi connectivity index (χ3v) is 6.20. The van der Waals surface area contributed by atoms with E-state index in [1.807, 2.05) is 38.1 Å². The van der Waals surface area contributed by atoms with Crippen LogP contribution >= 0.6 is 11.3 Å². The SMILES string of the molecule is Cc1ccc2sc(N(Cc3ccccn3)C(=O)Cc3ccc([N+](=O)[O-])cc3)nc2c1C. The number of aryl methyl sites for hydroxylation is 2. The first-order valence-corrected chi connectivity index (χ1v) is 10.5. The molecule has 0 saturated carbocycles. The summed E-state index contributed by atoms with van der Waals surface area (Å²) >= 11 is 1.47. The Morgan fingerprint density at radius 2 is 1.87 bits per heavy atom. The zero-order valence-electron chi connectivity index (χ0n) is 17.1. The van der Waals surface area contributed by atoms with Gasteiger partial charge in [0.15, 0.2) is 5.13 Å². The minimum Gasteiger partial charge on any atom is -0.282 e. The number of pyridine rings is 1. The van der Waals surface area contributed by atoms with Crippen molar-refractivity contribution in [2.24, 2.45) is 0 Å². The number of non-ortho nitro benzene ring substituents is 1. The highest BCUT2D eigenvalue weighted by Crippen LogP contribution is 2.33. The molecule has 2 aromatic carbocycles. The van der Waals surface area contributed by atoms with Crippen molar-refractivity contribution in [3.05, 3.63) is 93.3 Å². The lowest BCUT2D eigenvalue weighted by Crippen LogP contribution is -2.32. The van der Waals surface area contributed by atoms with E-state index in [2.05, 4.69) is 11.1 Å². The maximum atomic E-state index is 13.3. The lowest BCUT2D eigenvalue weighted by Gasteiger charge is -2.19. The van der Waals surface area contributed by atoms with Crippen LogP contribution in [0.4, 0.5) is 10.8 Å². The number of thiazole rings is 1. The number of hydrogen-bond donors (Lipinski definition) is 0. The summed E-state index contributed by atoms with van der Waals surface area (Å²) < 4.78 is 1.02. The number of carbonyl (C=O) groups is 1. The molecule has 1 amide bonds. The van der Waals surface area contributed by atoms with Gasteiger partial charge in [0.1, 0.15) is 0 Å². The Morgan fingerprint density at radius 3 is 2.55 bits per heavy atom. The van der Waals surface area contributed by atoms with Crippen LogP contribution in [0.15, 0.2) is 60.8 Å². The molecule has 0 aliphatic rings. The second kappa shape index (κ2) is 8.61. The maximum absolute atomic E-state index is 13.3. The second-order valence-corrected chi connectivity index (χ2v) is 8.26. The Labute approximate surface area is 183 Å². The fraction of sp³-hybridized carbons (Fsp3) is 0.174. The average Bonchev–Trinajstić information content (AvgIpc) is 3.20. The minimum absolute atomic E-state index is 0.00133.